The number of benzene rings is 2. The molecule has 0 unspecified atom stereocenters. The first-order valence-corrected chi connectivity index (χ1v) is 12.9. The molecule has 1 atom stereocenters. The Morgan fingerprint density at radius 1 is 0.939 bits per heavy atom. The van der Waals surface area contributed by atoms with Crippen LogP contribution in [0.5, 0.6) is 11.5 Å². The van der Waals surface area contributed by atoms with E-state index in [1.165, 1.54) is 4.31 Å². The van der Waals surface area contributed by atoms with Gasteiger partial charge in [0.15, 0.2) is 0 Å². The number of likely N-dealkylation sites (tertiary alicyclic amines) is 1. The van der Waals surface area contributed by atoms with Gasteiger partial charge in [0.2, 0.25) is 15.9 Å². The van der Waals surface area contributed by atoms with Crippen LogP contribution in [-0.4, -0.2) is 57.4 Å². The van der Waals surface area contributed by atoms with Crippen LogP contribution in [0.3, 0.4) is 0 Å². The first kappa shape index (κ1) is 23.6. The second-order valence-electron chi connectivity index (χ2n) is 8.79. The molecule has 0 radical (unpaired) electrons. The molecule has 2 heterocycles. The number of aryl methyl sites for hydroxylation is 1. The molecule has 2 aromatic rings. The van der Waals surface area contributed by atoms with Crippen LogP contribution in [0.1, 0.15) is 42.9 Å². The standard InChI is InChI=1S/C25H32N2O5S/c1-18-6-9-21(10-7-18)33(29,30)26-15-12-19(13-16-26)25(28)27-14-4-5-23(27)22-17-20(31-2)8-11-24(22)32-3/h6-11,17,19,23H,4-5,12-16H2,1-3H3/t23-/m1/s1. The minimum atomic E-state index is -3.54. The van der Waals surface area contributed by atoms with Crippen LogP contribution in [0.2, 0.25) is 0 Å². The minimum absolute atomic E-state index is 0.0585. The van der Waals surface area contributed by atoms with Crippen molar-refractivity contribution >= 4 is 15.9 Å². The quantitative estimate of drug-likeness (QED) is 0.640. The number of hydrogen-bond acceptors (Lipinski definition) is 5. The third kappa shape index (κ3) is 4.73. The van der Waals surface area contributed by atoms with Crippen LogP contribution in [0.25, 0.3) is 0 Å². The highest BCUT2D eigenvalue weighted by Crippen LogP contribution is 2.40. The van der Waals surface area contributed by atoms with E-state index in [1.54, 1.807) is 26.4 Å². The predicted octanol–water partition coefficient (Wildman–Crippen LogP) is 3.78. The van der Waals surface area contributed by atoms with E-state index < -0.39 is 10.0 Å². The van der Waals surface area contributed by atoms with Crippen molar-refractivity contribution in [1.29, 1.82) is 0 Å². The first-order valence-electron chi connectivity index (χ1n) is 11.4. The molecule has 2 fully saturated rings. The molecule has 2 aromatic carbocycles. The van der Waals surface area contributed by atoms with Gasteiger partial charge in [-0.1, -0.05) is 17.7 Å². The SMILES string of the molecule is COc1ccc(OC)c([C@H]2CCCN2C(=O)C2CCN(S(=O)(=O)c3ccc(C)cc3)CC2)c1. The fourth-order valence-electron chi connectivity index (χ4n) is 4.89. The molecule has 0 N–H and O–H groups in total. The lowest BCUT2D eigenvalue weighted by molar-refractivity contribution is -0.137. The van der Waals surface area contributed by atoms with Crippen LogP contribution in [0, 0.1) is 12.8 Å². The molecular weight excluding hydrogens is 440 g/mol. The van der Waals surface area contributed by atoms with Gasteiger partial charge in [-0.2, -0.15) is 4.31 Å². The van der Waals surface area contributed by atoms with Crippen molar-refractivity contribution in [1.82, 2.24) is 9.21 Å². The number of nitrogens with zero attached hydrogens (tertiary/aromatic N) is 2. The Morgan fingerprint density at radius 3 is 2.27 bits per heavy atom. The Balaban J connectivity index is 1.46. The molecule has 1 amide bonds. The molecule has 178 valence electrons. The molecule has 7 nitrogen and oxygen atoms in total. The van der Waals surface area contributed by atoms with Gasteiger partial charge >= 0.3 is 0 Å². The summed E-state index contributed by atoms with van der Waals surface area (Å²) < 4.78 is 38.5. The summed E-state index contributed by atoms with van der Waals surface area (Å²) in [4.78, 5) is 15.7. The van der Waals surface area contributed by atoms with Gasteiger partial charge in [0, 0.05) is 31.1 Å². The highest BCUT2D eigenvalue weighted by atomic mass is 32.2. The van der Waals surface area contributed by atoms with Gasteiger partial charge < -0.3 is 14.4 Å². The van der Waals surface area contributed by atoms with Gasteiger partial charge in [0.25, 0.3) is 0 Å². The van der Waals surface area contributed by atoms with Crippen LogP contribution in [-0.2, 0) is 14.8 Å². The van der Waals surface area contributed by atoms with Crippen LogP contribution in [0.15, 0.2) is 47.4 Å². The summed E-state index contributed by atoms with van der Waals surface area (Å²) in [6.07, 6.45) is 2.86. The Morgan fingerprint density at radius 2 is 1.64 bits per heavy atom. The normalized spacial score (nSPS) is 20.1. The lowest BCUT2D eigenvalue weighted by atomic mass is 9.95. The van der Waals surface area contributed by atoms with Crippen molar-refractivity contribution < 1.29 is 22.7 Å². The monoisotopic (exact) mass is 472 g/mol. The van der Waals surface area contributed by atoms with Crippen LogP contribution >= 0.6 is 0 Å². The average molecular weight is 473 g/mol. The van der Waals surface area contributed by atoms with Crippen molar-refractivity contribution in [2.24, 2.45) is 5.92 Å². The average Bonchev–Trinajstić information content (AvgIpc) is 3.33. The summed E-state index contributed by atoms with van der Waals surface area (Å²) in [5.74, 6) is 1.42. The highest BCUT2D eigenvalue weighted by Gasteiger charge is 2.38. The Bertz CT molecular complexity index is 1090. The molecule has 4 rings (SSSR count). The minimum Gasteiger partial charge on any atom is -0.497 e. The van der Waals surface area contributed by atoms with Crippen molar-refractivity contribution in [3.05, 3.63) is 53.6 Å². The smallest absolute Gasteiger partial charge is 0.243 e. The van der Waals surface area contributed by atoms with Gasteiger partial charge in [-0.05, 0) is 62.9 Å². The molecule has 2 aliphatic rings. The van der Waals surface area contributed by atoms with E-state index in [0.717, 1.165) is 35.5 Å². The van der Waals surface area contributed by atoms with E-state index in [9.17, 15) is 13.2 Å². The lowest BCUT2D eigenvalue weighted by Gasteiger charge is -2.34. The first-order chi connectivity index (χ1) is 15.8. The lowest BCUT2D eigenvalue weighted by Crippen LogP contribution is -2.44. The van der Waals surface area contributed by atoms with E-state index in [-0.39, 0.29) is 17.9 Å². The van der Waals surface area contributed by atoms with Gasteiger partial charge in [-0.25, -0.2) is 8.42 Å². The fourth-order valence-corrected chi connectivity index (χ4v) is 6.36. The maximum atomic E-state index is 13.5. The molecule has 0 bridgehead atoms. The zero-order valence-electron chi connectivity index (χ0n) is 19.5. The zero-order valence-corrected chi connectivity index (χ0v) is 20.3. The molecule has 8 heteroatoms. The summed E-state index contributed by atoms with van der Waals surface area (Å²) in [6.45, 7) is 3.34. The highest BCUT2D eigenvalue weighted by molar-refractivity contribution is 7.89. The molecule has 2 aliphatic heterocycles. The van der Waals surface area contributed by atoms with Gasteiger partial charge in [0.1, 0.15) is 11.5 Å². The fraction of sp³-hybridized carbons (Fsp3) is 0.480. The number of piperidine rings is 1. The molecular formula is C25H32N2O5S. The molecule has 0 spiro atoms. The number of rotatable bonds is 6. The topological polar surface area (TPSA) is 76.2 Å². The number of methoxy groups -OCH3 is 2. The van der Waals surface area contributed by atoms with Crippen LogP contribution in [0.4, 0.5) is 0 Å². The van der Waals surface area contributed by atoms with Gasteiger partial charge in [-0.3, -0.25) is 4.79 Å². The number of sulfonamides is 1. The van der Waals surface area contributed by atoms with Crippen molar-refractivity contribution in [2.45, 2.75) is 43.5 Å². The van der Waals surface area contributed by atoms with E-state index in [4.69, 9.17) is 9.47 Å². The number of hydrogen-bond donors (Lipinski definition) is 0. The van der Waals surface area contributed by atoms with E-state index in [2.05, 4.69) is 0 Å². The molecule has 0 aliphatic carbocycles. The third-order valence-corrected chi connectivity index (χ3v) is 8.71. The Kier molecular flexibility index (Phi) is 6.95. The summed E-state index contributed by atoms with van der Waals surface area (Å²) in [5, 5.41) is 0. The summed E-state index contributed by atoms with van der Waals surface area (Å²) in [6, 6.07) is 12.5. The molecule has 0 aromatic heterocycles. The number of carbonyl (C=O) groups excluding carboxylic acids is 1. The number of ether oxygens (including phenoxy) is 2. The number of carbonyl (C=O) groups is 1. The van der Waals surface area contributed by atoms with Gasteiger partial charge in [0.05, 0.1) is 25.2 Å². The maximum Gasteiger partial charge on any atom is 0.243 e. The Labute approximate surface area is 196 Å². The largest absolute Gasteiger partial charge is 0.497 e. The molecule has 0 saturated carbocycles. The number of amides is 1. The van der Waals surface area contributed by atoms with Crippen LogP contribution < -0.4 is 9.47 Å². The van der Waals surface area contributed by atoms with Crippen molar-refractivity contribution in [3.63, 3.8) is 0 Å². The predicted molar refractivity (Wildman–Crippen MR) is 126 cm³/mol. The second-order valence-corrected chi connectivity index (χ2v) is 10.7. The van der Waals surface area contributed by atoms with Gasteiger partial charge in [-0.15, -0.1) is 0 Å². The summed E-state index contributed by atoms with van der Waals surface area (Å²) >= 11 is 0. The summed E-state index contributed by atoms with van der Waals surface area (Å²) in [7, 11) is -0.277. The molecule has 2 saturated heterocycles. The summed E-state index contributed by atoms with van der Waals surface area (Å²) in [5.41, 5.74) is 1.98. The van der Waals surface area contributed by atoms with Crippen molar-refractivity contribution in [2.75, 3.05) is 33.9 Å². The zero-order chi connectivity index (χ0) is 23.6. The van der Waals surface area contributed by atoms with E-state index in [1.807, 2.05) is 42.2 Å². The maximum absolute atomic E-state index is 13.5. The molecule has 33 heavy (non-hydrogen) atoms. The third-order valence-electron chi connectivity index (χ3n) is 6.79. The van der Waals surface area contributed by atoms with E-state index >= 15 is 0 Å². The van der Waals surface area contributed by atoms with Crippen molar-refractivity contribution in [3.8, 4) is 11.5 Å². The van der Waals surface area contributed by atoms with E-state index in [0.29, 0.717) is 37.4 Å². The second kappa shape index (κ2) is 9.73. The Hall–Kier alpha value is -2.58.